The van der Waals surface area contributed by atoms with Crippen LogP contribution in [-0.2, 0) is 37.5 Å². The van der Waals surface area contributed by atoms with Crippen molar-refractivity contribution in [2.45, 2.75) is 142 Å². The number of nitrogens with two attached hydrogens (primary N) is 1. The number of rotatable bonds is 40. The van der Waals surface area contributed by atoms with Crippen LogP contribution in [-0.4, -0.2) is 59.9 Å². The maximum absolute atomic E-state index is 12.6. The predicted molar refractivity (Wildman–Crippen MR) is 262 cm³/mol. The van der Waals surface area contributed by atoms with Gasteiger partial charge in [-0.1, -0.05) is 185 Å². The smallest absolute Gasteiger partial charge is 0.472 e. The highest BCUT2D eigenvalue weighted by atomic mass is 31.2. The number of unbranched alkanes of at least 4 members (excludes halogenated alkanes) is 4. The van der Waals surface area contributed by atoms with Gasteiger partial charge in [0.05, 0.1) is 26.1 Å². The fraction of sp³-hybridized carbons (Fsp3) is 0.481. The average Bonchev–Trinajstić information content (AvgIpc) is 3.27. The summed E-state index contributed by atoms with van der Waals surface area (Å²) in [6, 6.07) is -1.56. The van der Waals surface area contributed by atoms with Crippen LogP contribution in [0.3, 0.4) is 0 Å². The van der Waals surface area contributed by atoms with Crippen molar-refractivity contribution in [1.82, 2.24) is 0 Å². The Labute approximate surface area is 384 Å². The summed E-state index contributed by atoms with van der Waals surface area (Å²) in [5.41, 5.74) is 5.32. The molecule has 0 heterocycles. The van der Waals surface area contributed by atoms with Crippen LogP contribution in [0.2, 0.25) is 0 Å². The quantitative estimate of drug-likeness (QED) is 0.0231. The van der Waals surface area contributed by atoms with E-state index in [1.165, 1.54) is 25.7 Å². The summed E-state index contributed by atoms with van der Waals surface area (Å²) in [5, 5.41) is 8.90. The summed E-state index contributed by atoms with van der Waals surface area (Å²) in [6.45, 7) is 2.49. The number of allylic oxidation sites excluding steroid dienone is 22. The van der Waals surface area contributed by atoms with E-state index in [0.717, 1.165) is 64.2 Å². The number of phosphoric ester groups is 1. The minimum atomic E-state index is -4.78. The molecule has 0 aromatic carbocycles. The fourth-order valence-electron chi connectivity index (χ4n) is 5.00. The molecule has 0 rings (SSSR count). The maximum Gasteiger partial charge on any atom is 0.472 e. The van der Waals surface area contributed by atoms with E-state index in [-0.39, 0.29) is 12.8 Å². The molecule has 0 amide bonds. The molecule has 0 spiro atoms. The fourth-order valence-corrected chi connectivity index (χ4v) is 5.78. The van der Waals surface area contributed by atoms with Crippen LogP contribution in [0.1, 0.15) is 129 Å². The number of carboxylic acids is 1. The lowest BCUT2D eigenvalue weighted by molar-refractivity contribution is -0.160. The van der Waals surface area contributed by atoms with E-state index < -0.39 is 57.7 Å². The third-order valence-electron chi connectivity index (χ3n) is 8.63. The Kier molecular flexibility index (Phi) is 41.7. The van der Waals surface area contributed by atoms with Crippen LogP contribution < -0.4 is 5.73 Å². The lowest BCUT2D eigenvalue weighted by Gasteiger charge is -2.20. The summed E-state index contributed by atoms with van der Waals surface area (Å²) < 4.78 is 32.5. The molecule has 0 aliphatic rings. The number of carbonyl (C=O) groups is 3. The zero-order chi connectivity index (χ0) is 47.0. The van der Waals surface area contributed by atoms with Crippen LogP contribution in [0.15, 0.2) is 146 Å². The van der Waals surface area contributed by atoms with Crippen molar-refractivity contribution < 1.29 is 47.5 Å². The summed E-state index contributed by atoms with van der Waals surface area (Å²) in [5.74, 6) is -2.72. The maximum atomic E-state index is 12.6. The van der Waals surface area contributed by atoms with Crippen molar-refractivity contribution in [2.24, 2.45) is 5.73 Å². The van der Waals surface area contributed by atoms with E-state index in [4.69, 9.17) is 24.8 Å². The van der Waals surface area contributed by atoms with Crippen LogP contribution in [0, 0.1) is 0 Å². The zero-order valence-electron chi connectivity index (χ0n) is 38.5. The van der Waals surface area contributed by atoms with E-state index in [2.05, 4.69) is 116 Å². The summed E-state index contributed by atoms with van der Waals surface area (Å²) in [6.07, 6.45) is 63.9. The number of hydrogen-bond donors (Lipinski definition) is 3. The van der Waals surface area contributed by atoms with Gasteiger partial charge in [-0.05, 0) is 77.0 Å². The number of esters is 2. The second-order valence-electron chi connectivity index (χ2n) is 14.5. The minimum Gasteiger partial charge on any atom is -0.480 e. The molecule has 1 unspecified atom stereocenters. The highest BCUT2D eigenvalue weighted by Gasteiger charge is 2.28. The van der Waals surface area contributed by atoms with Gasteiger partial charge in [0, 0.05) is 0 Å². The van der Waals surface area contributed by atoms with Gasteiger partial charge in [0.2, 0.25) is 0 Å². The van der Waals surface area contributed by atoms with Gasteiger partial charge in [0.25, 0.3) is 0 Å². The molecule has 0 aliphatic heterocycles. The van der Waals surface area contributed by atoms with E-state index in [1.807, 2.05) is 30.4 Å². The Morgan fingerprint density at radius 2 is 0.797 bits per heavy atom. The number of carboxylic acid groups (broad SMARTS) is 1. The Balaban J connectivity index is 4.66. The third-order valence-corrected chi connectivity index (χ3v) is 9.58. The molecule has 3 atom stereocenters. The second kappa shape index (κ2) is 44.9. The molecular weight excluding hydrogens is 830 g/mol. The Morgan fingerprint density at radius 1 is 0.484 bits per heavy atom. The lowest BCUT2D eigenvalue weighted by atomic mass is 10.2. The molecule has 0 radical (unpaired) electrons. The first kappa shape index (κ1) is 59.4. The van der Waals surface area contributed by atoms with Gasteiger partial charge < -0.3 is 25.2 Å². The van der Waals surface area contributed by atoms with Crippen LogP contribution in [0.4, 0.5) is 0 Å². The van der Waals surface area contributed by atoms with Gasteiger partial charge in [0.1, 0.15) is 12.6 Å². The largest absolute Gasteiger partial charge is 0.480 e. The highest BCUT2D eigenvalue weighted by Crippen LogP contribution is 2.43. The van der Waals surface area contributed by atoms with Gasteiger partial charge in [-0.15, -0.1) is 0 Å². The molecule has 0 saturated carbocycles. The number of hydrogen-bond acceptors (Lipinski definition) is 9. The molecule has 0 bridgehead atoms. The van der Waals surface area contributed by atoms with E-state index >= 15 is 0 Å². The SMILES string of the molecule is CCCCC=CCC=CCC=CCC=CCC=CCC=CCC(=O)OC[C@H](COP(=O)(O)OC[C@H](N)C(=O)O)OC(=O)CC=CCC=CCC=CCC=CCC=CCC=CCCCC. The van der Waals surface area contributed by atoms with Gasteiger partial charge in [0.15, 0.2) is 6.10 Å². The van der Waals surface area contributed by atoms with E-state index in [1.54, 1.807) is 18.2 Å². The van der Waals surface area contributed by atoms with E-state index in [0.29, 0.717) is 12.8 Å². The molecule has 4 N–H and O–H groups in total. The van der Waals surface area contributed by atoms with Crippen molar-refractivity contribution in [3.05, 3.63) is 146 Å². The van der Waals surface area contributed by atoms with Crippen molar-refractivity contribution in [3.63, 3.8) is 0 Å². The van der Waals surface area contributed by atoms with Crippen LogP contribution >= 0.6 is 7.82 Å². The normalized spacial score (nSPS) is 14.9. The van der Waals surface area contributed by atoms with Gasteiger partial charge in [-0.2, -0.15) is 0 Å². The van der Waals surface area contributed by atoms with Crippen molar-refractivity contribution in [3.8, 4) is 0 Å². The Bertz CT molecular complexity index is 1630. The highest BCUT2D eigenvalue weighted by molar-refractivity contribution is 7.47. The van der Waals surface area contributed by atoms with E-state index in [9.17, 15) is 23.8 Å². The summed E-state index contributed by atoms with van der Waals surface area (Å²) >= 11 is 0. The third kappa shape index (κ3) is 44.0. The molecule has 0 aliphatic carbocycles. The van der Waals surface area contributed by atoms with Crippen LogP contribution in [0.5, 0.6) is 0 Å². The Hall–Kier alpha value is -4.64. The standard InChI is InChI=1S/C52H78NO10P/c1-3-5-7-9-11-13-15-17-19-21-23-25-27-29-31-33-35-37-39-41-43-50(54)60-45-48(46-61-64(58,59)62-47-49(53)52(56)57)63-51(55)44-42-40-38-36-34-32-30-28-26-24-22-20-18-16-14-12-10-8-6-4-2/h9-12,15-18,21-24,27-30,33-36,39-42,48-49H,3-8,13-14,19-20,25-26,31-32,37-38,43-47,53H2,1-2H3,(H,56,57)(H,58,59)/t48-,49+/m1/s1. The first-order valence-corrected chi connectivity index (χ1v) is 24.4. The van der Waals surface area contributed by atoms with Gasteiger partial charge in [-0.3, -0.25) is 23.4 Å². The summed E-state index contributed by atoms with van der Waals surface area (Å²) in [7, 11) is -4.78. The van der Waals surface area contributed by atoms with Crippen LogP contribution in [0.25, 0.3) is 0 Å². The van der Waals surface area contributed by atoms with Crippen molar-refractivity contribution >= 4 is 25.7 Å². The molecule has 11 nitrogen and oxygen atoms in total. The Morgan fingerprint density at radius 3 is 1.14 bits per heavy atom. The predicted octanol–water partition coefficient (Wildman–Crippen LogP) is 12.7. The summed E-state index contributed by atoms with van der Waals surface area (Å²) in [4.78, 5) is 45.9. The molecule has 356 valence electrons. The van der Waals surface area contributed by atoms with Crippen molar-refractivity contribution in [1.29, 1.82) is 0 Å². The molecule has 0 aromatic heterocycles. The molecular formula is C52H78NO10P. The number of phosphoric acid groups is 1. The average molecular weight is 908 g/mol. The first-order chi connectivity index (χ1) is 31.1. The topological polar surface area (TPSA) is 172 Å². The monoisotopic (exact) mass is 908 g/mol. The first-order valence-electron chi connectivity index (χ1n) is 22.9. The molecule has 0 aromatic rings. The van der Waals surface area contributed by atoms with Gasteiger partial charge in [-0.25, -0.2) is 4.57 Å². The lowest BCUT2D eigenvalue weighted by Crippen LogP contribution is -2.34. The number of aliphatic carboxylic acids is 1. The number of carbonyl (C=O) groups excluding carboxylic acids is 2. The minimum absolute atomic E-state index is 0.0419. The molecule has 64 heavy (non-hydrogen) atoms. The van der Waals surface area contributed by atoms with Crippen molar-refractivity contribution in [2.75, 3.05) is 19.8 Å². The number of ether oxygens (including phenoxy) is 2. The second-order valence-corrected chi connectivity index (χ2v) is 16.0. The zero-order valence-corrected chi connectivity index (χ0v) is 39.4. The molecule has 0 saturated heterocycles. The van der Waals surface area contributed by atoms with Gasteiger partial charge >= 0.3 is 25.7 Å². The molecule has 0 fully saturated rings. The molecule has 12 heteroatoms.